The van der Waals surface area contributed by atoms with Gasteiger partial charge in [0.15, 0.2) is 11.5 Å². The number of aromatic amines is 1. The molecule has 94 valence electrons. The van der Waals surface area contributed by atoms with Gasteiger partial charge in [0.1, 0.15) is 0 Å². The molecule has 0 amide bonds. The molecule has 0 saturated heterocycles. The molecule has 2 aromatic rings. The molecule has 2 N–H and O–H groups in total. The fourth-order valence-electron chi connectivity index (χ4n) is 2.20. The fraction of sp³-hybridized carbons (Fsp3) is 0.286. The normalized spacial score (nSPS) is 13.1. The summed E-state index contributed by atoms with van der Waals surface area (Å²) in [5, 5.41) is 4.51. The molecular formula is C14H16N2O2. The number of benzene rings is 1. The van der Waals surface area contributed by atoms with Crippen molar-refractivity contribution in [3.8, 4) is 11.5 Å². The van der Waals surface area contributed by atoms with Crippen molar-refractivity contribution in [2.24, 2.45) is 0 Å². The standard InChI is InChI=1S/C14H16N2O2/c1-2-4-15-5-3-10-8-16-12-7-14-13(6-11(10)12)17-9-18-14/h2,6-8,15-16H,1,3-5,9H2. The first-order valence-corrected chi connectivity index (χ1v) is 6.09. The lowest BCUT2D eigenvalue weighted by atomic mass is 10.1. The number of H-pyrrole nitrogens is 1. The average Bonchev–Trinajstić information content (AvgIpc) is 2.98. The summed E-state index contributed by atoms with van der Waals surface area (Å²) in [7, 11) is 0. The zero-order valence-electron chi connectivity index (χ0n) is 10.2. The Bertz CT molecular complexity index is 574. The number of fused-ring (bicyclic) bond motifs is 2. The monoisotopic (exact) mass is 244 g/mol. The molecule has 1 aliphatic heterocycles. The van der Waals surface area contributed by atoms with E-state index in [2.05, 4.69) is 29.1 Å². The SMILES string of the molecule is C=CCNCCc1c[nH]c2cc3c(cc12)OCO3. The molecule has 4 heteroatoms. The van der Waals surface area contributed by atoms with Gasteiger partial charge in [-0.25, -0.2) is 0 Å². The molecule has 0 bridgehead atoms. The first-order valence-electron chi connectivity index (χ1n) is 6.09. The summed E-state index contributed by atoms with van der Waals surface area (Å²) in [4.78, 5) is 3.28. The zero-order chi connectivity index (χ0) is 12.4. The molecule has 0 fully saturated rings. The zero-order valence-corrected chi connectivity index (χ0v) is 10.2. The first kappa shape index (κ1) is 11.2. The van der Waals surface area contributed by atoms with E-state index in [9.17, 15) is 0 Å². The Morgan fingerprint density at radius 1 is 1.33 bits per heavy atom. The molecule has 0 saturated carbocycles. The highest BCUT2D eigenvalue weighted by Crippen LogP contribution is 2.36. The Hall–Kier alpha value is -1.94. The Balaban J connectivity index is 1.82. The molecule has 0 radical (unpaired) electrons. The highest BCUT2D eigenvalue weighted by atomic mass is 16.7. The molecule has 1 aromatic carbocycles. The first-order chi connectivity index (χ1) is 8.88. The van der Waals surface area contributed by atoms with Crippen LogP contribution in [-0.2, 0) is 6.42 Å². The van der Waals surface area contributed by atoms with Gasteiger partial charge in [-0.05, 0) is 24.6 Å². The van der Waals surface area contributed by atoms with E-state index in [0.29, 0.717) is 6.79 Å². The van der Waals surface area contributed by atoms with E-state index >= 15 is 0 Å². The summed E-state index contributed by atoms with van der Waals surface area (Å²) >= 11 is 0. The smallest absolute Gasteiger partial charge is 0.231 e. The van der Waals surface area contributed by atoms with Crippen LogP contribution in [0.25, 0.3) is 10.9 Å². The summed E-state index contributed by atoms with van der Waals surface area (Å²) in [6, 6.07) is 4.05. The summed E-state index contributed by atoms with van der Waals surface area (Å²) in [6.45, 7) is 5.78. The van der Waals surface area contributed by atoms with Crippen molar-refractivity contribution in [3.05, 3.63) is 36.5 Å². The lowest BCUT2D eigenvalue weighted by molar-refractivity contribution is 0.174. The second-order valence-corrected chi connectivity index (χ2v) is 4.31. The van der Waals surface area contributed by atoms with Crippen LogP contribution in [0.15, 0.2) is 31.0 Å². The van der Waals surface area contributed by atoms with E-state index < -0.39 is 0 Å². The van der Waals surface area contributed by atoms with Crippen molar-refractivity contribution in [2.45, 2.75) is 6.42 Å². The van der Waals surface area contributed by atoms with Gasteiger partial charge in [-0.15, -0.1) is 6.58 Å². The van der Waals surface area contributed by atoms with Crippen LogP contribution in [0.3, 0.4) is 0 Å². The van der Waals surface area contributed by atoms with Gasteiger partial charge in [0.05, 0.1) is 0 Å². The maximum Gasteiger partial charge on any atom is 0.231 e. The Labute approximate surface area is 106 Å². The van der Waals surface area contributed by atoms with Crippen LogP contribution in [0.2, 0.25) is 0 Å². The van der Waals surface area contributed by atoms with Gasteiger partial charge in [0, 0.05) is 29.7 Å². The minimum atomic E-state index is 0.318. The van der Waals surface area contributed by atoms with Crippen LogP contribution in [0.5, 0.6) is 11.5 Å². The second-order valence-electron chi connectivity index (χ2n) is 4.31. The second kappa shape index (κ2) is 4.74. The average molecular weight is 244 g/mol. The molecule has 18 heavy (non-hydrogen) atoms. The maximum absolute atomic E-state index is 5.41. The summed E-state index contributed by atoms with van der Waals surface area (Å²) < 4.78 is 10.8. The van der Waals surface area contributed by atoms with E-state index in [-0.39, 0.29) is 0 Å². The molecule has 0 atom stereocenters. The van der Waals surface area contributed by atoms with E-state index in [1.165, 1.54) is 10.9 Å². The Morgan fingerprint density at radius 2 is 2.17 bits per heavy atom. The van der Waals surface area contributed by atoms with Crippen molar-refractivity contribution in [1.29, 1.82) is 0 Å². The quantitative estimate of drug-likeness (QED) is 0.626. The third-order valence-corrected chi connectivity index (χ3v) is 3.12. The van der Waals surface area contributed by atoms with Gasteiger partial charge < -0.3 is 19.8 Å². The molecule has 4 nitrogen and oxygen atoms in total. The van der Waals surface area contributed by atoms with E-state index in [0.717, 1.165) is 36.5 Å². The van der Waals surface area contributed by atoms with Crippen molar-refractivity contribution >= 4 is 10.9 Å². The Morgan fingerprint density at radius 3 is 3.00 bits per heavy atom. The fourth-order valence-corrected chi connectivity index (χ4v) is 2.20. The van der Waals surface area contributed by atoms with Crippen LogP contribution >= 0.6 is 0 Å². The van der Waals surface area contributed by atoms with Crippen LogP contribution in [0, 0.1) is 0 Å². The highest BCUT2D eigenvalue weighted by Gasteiger charge is 2.16. The number of hydrogen-bond donors (Lipinski definition) is 2. The van der Waals surface area contributed by atoms with Gasteiger partial charge in [-0.2, -0.15) is 0 Å². The van der Waals surface area contributed by atoms with Crippen LogP contribution in [0.1, 0.15) is 5.56 Å². The van der Waals surface area contributed by atoms with E-state index in [1.807, 2.05) is 12.1 Å². The number of rotatable bonds is 5. The third-order valence-electron chi connectivity index (χ3n) is 3.12. The molecule has 0 aliphatic carbocycles. The van der Waals surface area contributed by atoms with E-state index in [4.69, 9.17) is 9.47 Å². The maximum atomic E-state index is 5.41. The van der Waals surface area contributed by atoms with Crippen molar-refractivity contribution < 1.29 is 9.47 Å². The minimum absolute atomic E-state index is 0.318. The summed E-state index contributed by atoms with van der Waals surface area (Å²) in [6.07, 6.45) is 4.90. The molecule has 1 aromatic heterocycles. The predicted molar refractivity (Wildman–Crippen MR) is 71.2 cm³/mol. The van der Waals surface area contributed by atoms with Crippen LogP contribution < -0.4 is 14.8 Å². The lowest BCUT2D eigenvalue weighted by Gasteiger charge is -2.02. The summed E-state index contributed by atoms with van der Waals surface area (Å²) in [5.74, 6) is 1.66. The van der Waals surface area contributed by atoms with Crippen molar-refractivity contribution in [2.75, 3.05) is 19.9 Å². The van der Waals surface area contributed by atoms with E-state index in [1.54, 1.807) is 0 Å². The number of ether oxygens (including phenoxy) is 2. The molecule has 0 spiro atoms. The number of hydrogen-bond acceptors (Lipinski definition) is 3. The molecule has 1 aliphatic rings. The largest absolute Gasteiger partial charge is 0.454 e. The van der Waals surface area contributed by atoms with Gasteiger partial charge >= 0.3 is 0 Å². The van der Waals surface area contributed by atoms with Crippen LogP contribution in [-0.4, -0.2) is 24.9 Å². The van der Waals surface area contributed by atoms with Gasteiger partial charge in [-0.1, -0.05) is 6.08 Å². The molecule has 2 heterocycles. The molecule has 3 rings (SSSR count). The van der Waals surface area contributed by atoms with Crippen molar-refractivity contribution in [3.63, 3.8) is 0 Å². The predicted octanol–water partition coefficient (Wildman–Crippen LogP) is 2.21. The topological polar surface area (TPSA) is 46.3 Å². The van der Waals surface area contributed by atoms with Gasteiger partial charge in [-0.3, -0.25) is 0 Å². The summed E-state index contributed by atoms with van der Waals surface area (Å²) in [5.41, 5.74) is 2.39. The van der Waals surface area contributed by atoms with Gasteiger partial charge in [0.25, 0.3) is 0 Å². The minimum Gasteiger partial charge on any atom is -0.454 e. The number of aromatic nitrogens is 1. The lowest BCUT2D eigenvalue weighted by Crippen LogP contribution is -2.16. The molecule has 0 unspecified atom stereocenters. The van der Waals surface area contributed by atoms with Crippen LogP contribution in [0.4, 0.5) is 0 Å². The third kappa shape index (κ3) is 1.95. The highest BCUT2D eigenvalue weighted by molar-refractivity contribution is 5.86. The Kier molecular flexibility index (Phi) is 2.94. The van der Waals surface area contributed by atoms with Gasteiger partial charge in [0.2, 0.25) is 6.79 Å². The molecular weight excluding hydrogens is 228 g/mol. The number of nitrogens with one attached hydrogen (secondary N) is 2. The van der Waals surface area contributed by atoms with Crippen molar-refractivity contribution in [1.82, 2.24) is 10.3 Å².